The third-order valence-electron chi connectivity index (χ3n) is 7.63. The number of halogens is 3. The fourth-order valence-electron chi connectivity index (χ4n) is 5.23. The summed E-state index contributed by atoms with van der Waals surface area (Å²) in [6.45, 7) is 3.68. The number of nitrogens with one attached hydrogen (secondary N) is 1. The Morgan fingerprint density at radius 2 is 1.88 bits per heavy atom. The molecule has 0 aliphatic carbocycles. The number of pyridine rings is 1. The van der Waals surface area contributed by atoms with E-state index in [4.69, 9.17) is 16.6 Å². The average molecular weight is 625 g/mol. The lowest BCUT2D eigenvalue weighted by Crippen LogP contribution is -2.42. The second-order valence-corrected chi connectivity index (χ2v) is 13.3. The Kier molecular flexibility index (Phi) is 10.5. The molecule has 42 heavy (non-hydrogen) atoms. The number of anilines is 1. The predicted molar refractivity (Wildman–Crippen MR) is 155 cm³/mol. The molecule has 2 saturated heterocycles. The number of benzene rings is 1. The van der Waals surface area contributed by atoms with Crippen LogP contribution in [0.25, 0.3) is 0 Å². The molecular formula is C29H35ClF2N4O5S. The second-order valence-electron chi connectivity index (χ2n) is 10.8. The van der Waals surface area contributed by atoms with E-state index in [2.05, 4.69) is 5.32 Å². The highest BCUT2D eigenvalue weighted by Crippen LogP contribution is 2.32. The SMILES string of the molecule is CCCCC(=O)c1cc(Cl)c(N2CCC(C(=O)NCS(=O)(=O)Cc3ccc(F)cc3F)CC2)nc1CN1CCCC1=O. The first-order chi connectivity index (χ1) is 20.0. The van der Waals surface area contributed by atoms with Crippen molar-refractivity contribution in [2.45, 2.75) is 64.2 Å². The molecule has 2 amide bonds. The fraction of sp³-hybridized carbons (Fsp3) is 0.517. The number of unbranched alkanes of at least 4 members (excludes halogenated alkanes) is 1. The van der Waals surface area contributed by atoms with Gasteiger partial charge in [0.1, 0.15) is 23.3 Å². The van der Waals surface area contributed by atoms with Gasteiger partial charge in [-0.15, -0.1) is 0 Å². The van der Waals surface area contributed by atoms with Crippen LogP contribution in [0.3, 0.4) is 0 Å². The Balaban J connectivity index is 1.39. The monoisotopic (exact) mass is 624 g/mol. The number of Topliss-reactive ketones (excluding diaryl/α,β-unsaturated/α-hetero) is 1. The first kappa shape index (κ1) is 31.8. The number of hydrogen-bond donors (Lipinski definition) is 1. The Morgan fingerprint density at radius 3 is 2.52 bits per heavy atom. The van der Waals surface area contributed by atoms with Crippen LogP contribution in [0.15, 0.2) is 24.3 Å². The lowest BCUT2D eigenvalue weighted by atomic mass is 9.96. The van der Waals surface area contributed by atoms with Crippen LogP contribution < -0.4 is 10.2 Å². The smallest absolute Gasteiger partial charge is 0.224 e. The van der Waals surface area contributed by atoms with Gasteiger partial charge in [-0.2, -0.15) is 0 Å². The van der Waals surface area contributed by atoms with Gasteiger partial charge < -0.3 is 15.1 Å². The molecule has 0 spiro atoms. The van der Waals surface area contributed by atoms with E-state index in [9.17, 15) is 31.6 Å². The molecule has 2 aliphatic rings. The molecule has 9 nitrogen and oxygen atoms in total. The van der Waals surface area contributed by atoms with Crippen LogP contribution in [-0.2, 0) is 31.7 Å². The van der Waals surface area contributed by atoms with E-state index < -0.39 is 44.9 Å². The van der Waals surface area contributed by atoms with Crippen molar-refractivity contribution in [3.8, 4) is 0 Å². The summed E-state index contributed by atoms with van der Waals surface area (Å²) in [6, 6.07) is 4.30. The molecular weight excluding hydrogens is 590 g/mol. The molecule has 2 fully saturated rings. The van der Waals surface area contributed by atoms with Gasteiger partial charge in [0.15, 0.2) is 15.6 Å². The maximum absolute atomic E-state index is 13.9. The number of ketones is 1. The highest BCUT2D eigenvalue weighted by molar-refractivity contribution is 7.90. The maximum atomic E-state index is 13.9. The summed E-state index contributed by atoms with van der Waals surface area (Å²) in [5, 5.41) is 2.75. The summed E-state index contributed by atoms with van der Waals surface area (Å²) in [4.78, 5) is 46.4. The Bertz CT molecular complexity index is 1450. The summed E-state index contributed by atoms with van der Waals surface area (Å²) in [6.07, 6.45) is 4.02. The van der Waals surface area contributed by atoms with Crippen LogP contribution in [0, 0.1) is 17.6 Å². The standard InChI is InChI=1S/C29H35ClF2N4O5S/c1-2-3-5-26(37)22-15-23(30)28(34-25(22)16-36-11-4-6-27(36)38)35-12-9-19(10-13-35)29(39)33-18-42(40,41)17-20-7-8-21(31)14-24(20)32/h7-8,14-15,19H,2-6,9-13,16-18H2,1H3,(H,33,39). The molecule has 0 radical (unpaired) electrons. The van der Waals surface area contributed by atoms with Gasteiger partial charge in [-0.1, -0.05) is 31.0 Å². The zero-order chi connectivity index (χ0) is 30.4. The number of rotatable bonds is 12. The molecule has 1 aromatic heterocycles. The van der Waals surface area contributed by atoms with Crippen molar-refractivity contribution in [1.29, 1.82) is 0 Å². The van der Waals surface area contributed by atoms with Crippen molar-refractivity contribution in [2.24, 2.45) is 5.92 Å². The summed E-state index contributed by atoms with van der Waals surface area (Å²) >= 11 is 6.61. The topological polar surface area (TPSA) is 117 Å². The van der Waals surface area contributed by atoms with Crippen molar-refractivity contribution in [1.82, 2.24) is 15.2 Å². The van der Waals surface area contributed by atoms with Crippen LogP contribution >= 0.6 is 11.6 Å². The molecule has 3 heterocycles. The second kappa shape index (κ2) is 13.9. The van der Waals surface area contributed by atoms with Crippen molar-refractivity contribution in [3.63, 3.8) is 0 Å². The summed E-state index contributed by atoms with van der Waals surface area (Å²) in [5.41, 5.74) is 0.760. The third-order valence-corrected chi connectivity index (χ3v) is 9.24. The Morgan fingerprint density at radius 1 is 1.14 bits per heavy atom. The first-order valence-electron chi connectivity index (χ1n) is 14.1. The molecule has 0 saturated carbocycles. The third kappa shape index (κ3) is 8.03. The van der Waals surface area contributed by atoms with Gasteiger partial charge in [0.2, 0.25) is 11.8 Å². The van der Waals surface area contributed by atoms with Crippen molar-refractivity contribution in [3.05, 3.63) is 57.7 Å². The fourth-order valence-corrected chi connectivity index (χ4v) is 6.67. The number of likely N-dealkylation sites (tertiary alicyclic amines) is 1. The highest BCUT2D eigenvalue weighted by atomic mass is 35.5. The van der Waals surface area contributed by atoms with E-state index in [1.54, 1.807) is 11.0 Å². The lowest BCUT2D eigenvalue weighted by Gasteiger charge is -2.33. The lowest BCUT2D eigenvalue weighted by molar-refractivity contribution is -0.128. The average Bonchev–Trinajstić information content (AvgIpc) is 3.36. The van der Waals surface area contributed by atoms with E-state index in [1.165, 1.54) is 0 Å². The first-order valence-corrected chi connectivity index (χ1v) is 16.3. The summed E-state index contributed by atoms with van der Waals surface area (Å²) < 4.78 is 51.9. The van der Waals surface area contributed by atoms with E-state index >= 15 is 0 Å². The minimum Gasteiger partial charge on any atom is -0.355 e. The van der Waals surface area contributed by atoms with Gasteiger partial charge in [0.05, 0.1) is 23.0 Å². The van der Waals surface area contributed by atoms with Gasteiger partial charge in [0, 0.05) is 55.6 Å². The number of carbonyl (C=O) groups is 3. The summed E-state index contributed by atoms with van der Waals surface area (Å²) in [5.74, 6) is -3.53. The number of piperidine rings is 1. The Hall–Kier alpha value is -3.12. The predicted octanol–water partition coefficient (Wildman–Crippen LogP) is 4.41. The van der Waals surface area contributed by atoms with E-state index in [0.717, 1.165) is 31.4 Å². The maximum Gasteiger partial charge on any atom is 0.224 e. The molecule has 1 aromatic carbocycles. The molecule has 2 aromatic rings. The van der Waals surface area contributed by atoms with Gasteiger partial charge in [-0.25, -0.2) is 22.2 Å². The number of hydrogen-bond acceptors (Lipinski definition) is 7. The van der Waals surface area contributed by atoms with Gasteiger partial charge in [-0.3, -0.25) is 14.4 Å². The van der Waals surface area contributed by atoms with Crippen molar-refractivity contribution in [2.75, 3.05) is 30.4 Å². The van der Waals surface area contributed by atoms with E-state index in [-0.39, 0.29) is 23.8 Å². The molecule has 1 N–H and O–H groups in total. The van der Waals surface area contributed by atoms with Crippen LogP contribution in [-0.4, -0.2) is 61.4 Å². The largest absolute Gasteiger partial charge is 0.355 e. The molecule has 2 aliphatic heterocycles. The number of carbonyl (C=O) groups excluding carboxylic acids is 3. The normalized spacial score (nSPS) is 16.2. The van der Waals surface area contributed by atoms with E-state index in [1.807, 2.05) is 11.8 Å². The molecule has 13 heteroatoms. The number of nitrogens with zero attached hydrogens (tertiary/aromatic N) is 3. The van der Waals surface area contributed by atoms with Gasteiger partial charge >= 0.3 is 0 Å². The van der Waals surface area contributed by atoms with Crippen LogP contribution in [0.4, 0.5) is 14.6 Å². The molecule has 4 rings (SSSR count). The molecule has 0 bridgehead atoms. The van der Waals surface area contributed by atoms with E-state index in [0.29, 0.717) is 73.5 Å². The molecule has 228 valence electrons. The Labute approximate surface area is 249 Å². The van der Waals surface area contributed by atoms with Crippen molar-refractivity contribution < 1.29 is 31.6 Å². The van der Waals surface area contributed by atoms with Crippen LogP contribution in [0.5, 0.6) is 0 Å². The number of sulfone groups is 1. The van der Waals surface area contributed by atoms with Crippen LogP contribution in [0.1, 0.15) is 73.5 Å². The minimum atomic E-state index is -3.89. The zero-order valence-electron chi connectivity index (χ0n) is 23.5. The van der Waals surface area contributed by atoms with Gasteiger partial charge in [0.25, 0.3) is 0 Å². The minimum absolute atomic E-state index is 0.0249. The summed E-state index contributed by atoms with van der Waals surface area (Å²) in [7, 11) is -3.89. The molecule has 0 atom stereocenters. The number of amides is 2. The highest BCUT2D eigenvalue weighted by Gasteiger charge is 2.30. The van der Waals surface area contributed by atoms with Gasteiger partial charge in [-0.05, 0) is 37.8 Å². The zero-order valence-corrected chi connectivity index (χ0v) is 25.1. The van der Waals surface area contributed by atoms with Crippen molar-refractivity contribution >= 4 is 44.9 Å². The van der Waals surface area contributed by atoms with Crippen LogP contribution in [0.2, 0.25) is 5.02 Å². The quantitative estimate of drug-likeness (QED) is 0.348. The molecule has 0 unspecified atom stereocenters. The number of aromatic nitrogens is 1.